The lowest BCUT2D eigenvalue weighted by atomic mass is 9.98. The summed E-state index contributed by atoms with van der Waals surface area (Å²) in [6.07, 6.45) is 16.3. The lowest BCUT2D eigenvalue weighted by molar-refractivity contribution is -0.149. The van der Waals surface area contributed by atoms with E-state index in [0.29, 0.717) is 58.8 Å². The summed E-state index contributed by atoms with van der Waals surface area (Å²) in [5.74, 6) is 0.460. The van der Waals surface area contributed by atoms with Crippen molar-refractivity contribution in [3.05, 3.63) is 0 Å². The molecule has 0 heterocycles. The Bertz CT molecular complexity index is 443. The number of hydrogen-bond acceptors (Lipinski definition) is 6. The van der Waals surface area contributed by atoms with Gasteiger partial charge < -0.3 is 23.7 Å². The molecule has 0 radical (unpaired) electrons. The van der Waals surface area contributed by atoms with Gasteiger partial charge in [-0.05, 0) is 25.2 Å². The summed E-state index contributed by atoms with van der Waals surface area (Å²) in [5.41, 5.74) is 0. The van der Waals surface area contributed by atoms with Gasteiger partial charge in [-0.1, -0.05) is 98.3 Å². The van der Waals surface area contributed by atoms with E-state index in [0.717, 1.165) is 38.7 Å². The van der Waals surface area contributed by atoms with E-state index >= 15 is 0 Å². The first-order valence-corrected chi connectivity index (χ1v) is 15.1. The van der Waals surface area contributed by atoms with Crippen molar-refractivity contribution in [1.82, 2.24) is 0 Å². The van der Waals surface area contributed by atoms with E-state index in [2.05, 4.69) is 27.7 Å². The van der Waals surface area contributed by atoms with E-state index in [9.17, 15) is 4.79 Å². The van der Waals surface area contributed by atoms with Gasteiger partial charge in [-0.15, -0.1) is 0 Å². The molecule has 1 atom stereocenters. The van der Waals surface area contributed by atoms with Crippen LogP contribution in [-0.4, -0.2) is 65.4 Å². The van der Waals surface area contributed by atoms with Gasteiger partial charge in [0.25, 0.3) is 0 Å². The zero-order valence-electron chi connectivity index (χ0n) is 24.4. The van der Waals surface area contributed by atoms with Crippen LogP contribution in [0.2, 0.25) is 0 Å². The minimum absolute atomic E-state index is 0.0381. The van der Waals surface area contributed by atoms with Crippen LogP contribution >= 0.6 is 0 Å². The third-order valence-corrected chi connectivity index (χ3v) is 6.16. The monoisotopic (exact) mass is 516 g/mol. The van der Waals surface area contributed by atoms with Crippen molar-refractivity contribution in [2.24, 2.45) is 11.8 Å². The normalized spacial score (nSPS) is 12.4. The number of ether oxygens (including phenoxy) is 5. The fourth-order valence-electron chi connectivity index (χ4n) is 3.93. The standard InChI is InChI=1S/C30H60O6/c1-5-7-9-11-12-13-14-16-19-36-30(31)29(17-15-10-8-6-2)18-20-32-21-22-33-23-24-34-25-26-35-27-28(3)4/h28-29H,5-27H2,1-4H3. The number of hydrogen-bond donors (Lipinski definition) is 0. The zero-order valence-corrected chi connectivity index (χ0v) is 24.4. The van der Waals surface area contributed by atoms with E-state index < -0.39 is 0 Å². The van der Waals surface area contributed by atoms with Crippen LogP contribution < -0.4 is 0 Å². The van der Waals surface area contributed by atoms with E-state index in [4.69, 9.17) is 23.7 Å². The molecule has 0 N–H and O–H groups in total. The van der Waals surface area contributed by atoms with Gasteiger partial charge in [-0.2, -0.15) is 0 Å². The van der Waals surface area contributed by atoms with Gasteiger partial charge in [-0.25, -0.2) is 0 Å². The quantitative estimate of drug-likeness (QED) is 0.0764. The molecule has 0 aliphatic carbocycles. The molecule has 36 heavy (non-hydrogen) atoms. The Morgan fingerprint density at radius 2 is 1.00 bits per heavy atom. The molecule has 216 valence electrons. The molecule has 0 aromatic rings. The largest absolute Gasteiger partial charge is 0.465 e. The number of carbonyl (C=O) groups excluding carboxylic acids is 1. The zero-order chi connectivity index (χ0) is 26.5. The van der Waals surface area contributed by atoms with Gasteiger partial charge in [-0.3, -0.25) is 4.79 Å². The average Bonchev–Trinajstić information content (AvgIpc) is 2.86. The Kier molecular flexibility index (Phi) is 28.3. The van der Waals surface area contributed by atoms with Crippen molar-refractivity contribution in [1.29, 1.82) is 0 Å². The molecule has 0 aromatic heterocycles. The molecule has 0 saturated heterocycles. The summed E-state index contributed by atoms with van der Waals surface area (Å²) in [6, 6.07) is 0. The second-order valence-electron chi connectivity index (χ2n) is 10.3. The Hall–Kier alpha value is -0.690. The van der Waals surface area contributed by atoms with Crippen molar-refractivity contribution in [2.45, 2.75) is 118 Å². The van der Waals surface area contributed by atoms with Gasteiger partial charge in [0.15, 0.2) is 0 Å². The molecule has 0 aliphatic heterocycles. The highest BCUT2D eigenvalue weighted by Gasteiger charge is 2.19. The second kappa shape index (κ2) is 28.9. The van der Waals surface area contributed by atoms with Gasteiger partial charge in [0, 0.05) is 13.2 Å². The molecule has 0 rings (SSSR count). The first kappa shape index (κ1) is 35.3. The van der Waals surface area contributed by atoms with Gasteiger partial charge in [0.05, 0.1) is 52.2 Å². The Morgan fingerprint density at radius 3 is 1.56 bits per heavy atom. The Balaban J connectivity index is 3.83. The van der Waals surface area contributed by atoms with Gasteiger partial charge in [0.1, 0.15) is 0 Å². The molecule has 0 amide bonds. The highest BCUT2D eigenvalue weighted by molar-refractivity contribution is 5.72. The van der Waals surface area contributed by atoms with Crippen LogP contribution in [0.5, 0.6) is 0 Å². The predicted octanol–water partition coefficient (Wildman–Crippen LogP) is 7.37. The van der Waals surface area contributed by atoms with Gasteiger partial charge in [0.2, 0.25) is 0 Å². The van der Waals surface area contributed by atoms with Crippen molar-refractivity contribution in [3.8, 4) is 0 Å². The Labute approximate surface area is 223 Å². The third kappa shape index (κ3) is 26.4. The van der Waals surface area contributed by atoms with E-state index in [1.807, 2.05) is 0 Å². The maximum atomic E-state index is 12.7. The molecule has 0 bridgehead atoms. The van der Waals surface area contributed by atoms with Crippen molar-refractivity contribution in [2.75, 3.05) is 59.5 Å². The Morgan fingerprint density at radius 1 is 0.528 bits per heavy atom. The molecule has 6 nitrogen and oxygen atoms in total. The molecule has 0 spiro atoms. The average molecular weight is 517 g/mol. The molecule has 6 heteroatoms. The van der Waals surface area contributed by atoms with Crippen LogP contribution in [0.25, 0.3) is 0 Å². The van der Waals surface area contributed by atoms with Crippen LogP contribution in [0.4, 0.5) is 0 Å². The van der Waals surface area contributed by atoms with Crippen LogP contribution in [0.3, 0.4) is 0 Å². The number of unbranched alkanes of at least 4 members (excludes halogenated alkanes) is 10. The summed E-state index contributed by atoms with van der Waals surface area (Å²) in [5, 5.41) is 0. The summed E-state index contributed by atoms with van der Waals surface area (Å²) >= 11 is 0. The minimum atomic E-state index is -0.0527. The fourth-order valence-corrected chi connectivity index (χ4v) is 3.93. The van der Waals surface area contributed by atoms with Crippen LogP contribution in [0.1, 0.15) is 118 Å². The van der Waals surface area contributed by atoms with Crippen molar-refractivity contribution < 1.29 is 28.5 Å². The van der Waals surface area contributed by atoms with E-state index in [1.165, 1.54) is 57.8 Å². The minimum Gasteiger partial charge on any atom is -0.465 e. The van der Waals surface area contributed by atoms with E-state index in [1.54, 1.807) is 0 Å². The smallest absolute Gasteiger partial charge is 0.309 e. The fraction of sp³-hybridized carbons (Fsp3) is 0.967. The number of esters is 1. The molecular formula is C30H60O6. The van der Waals surface area contributed by atoms with Crippen molar-refractivity contribution in [3.63, 3.8) is 0 Å². The number of rotatable bonds is 29. The lowest BCUT2D eigenvalue weighted by Gasteiger charge is -2.16. The molecule has 0 aromatic carbocycles. The first-order chi connectivity index (χ1) is 17.6. The summed E-state index contributed by atoms with van der Waals surface area (Å²) in [6.45, 7) is 14.0. The highest BCUT2D eigenvalue weighted by atomic mass is 16.6. The molecule has 1 unspecified atom stereocenters. The predicted molar refractivity (Wildman–Crippen MR) is 149 cm³/mol. The molecule has 0 aliphatic rings. The summed E-state index contributed by atoms with van der Waals surface area (Å²) in [4.78, 5) is 12.7. The topological polar surface area (TPSA) is 63.2 Å². The van der Waals surface area contributed by atoms with Crippen LogP contribution in [0.15, 0.2) is 0 Å². The SMILES string of the molecule is CCCCCCCCCCOC(=O)C(CCCCCC)CCOCCOCCOCCOCC(C)C. The summed E-state index contributed by atoms with van der Waals surface area (Å²) in [7, 11) is 0. The second-order valence-corrected chi connectivity index (χ2v) is 10.3. The maximum Gasteiger partial charge on any atom is 0.309 e. The number of carbonyl (C=O) groups is 1. The highest BCUT2D eigenvalue weighted by Crippen LogP contribution is 2.17. The van der Waals surface area contributed by atoms with Crippen LogP contribution in [0, 0.1) is 11.8 Å². The van der Waals surface area contributed by atoms with Crippen LogP contribution in [-0.2, 0) is 28.5 Å². The summed E-state index contributed by atoms with van der Waals surface area (Å²) < 4.78 is 27.9. The third-order valence-electron chi connectivity index (χ3n) is 6.16. The van der Waals surface area contributed by atoms with Gasteiger partial charge >= 0.3 is 5.97 Å². The molecule has 0 saturated carbocycles. The molecule has 0 fully saturated rings. The maximum absolute atomic E-state index is 12.7. The van der Waals surface area contributed by atoms with Crippen molar-refractivity contribution >= 4 is 5.97 Å². The molecular weight excluding hydrogens is 456 g/mol. The lowest BCUT2D eigenvalue weighted by Crippen LogP contribution is -2.21. The first-order valence-electron chi connectivity index (χ1n) is 15.1. The van der Waals surface area contributed by atoms with E-state index in [-0.39, 0.29) is 11.9 Å².